The summed E-state index contributed by atoms with van der Waals surface area (Å²) in [6.45, 7) is 8.68. The van der Waals surface area contributed by atoms with Gasteiger partial charge in [-0.05, 0) is 44.6 Å². The second-order valence-corrected chi connectivity index (χ2v) is 5.78. The van der Waals surface area contributed by atoms with Crippen LogP contribution in [0.5, 0.6) is 0 Å². The van der Waals surface area contributed by atoms with Gasteiger partial charge in [-0.2, -0.15) is 0 Å². The van der Waals surface area contributed by atoms with E-state index < -0.39 is 0 Å². The zero-order chi connectivity index (χ0) is 12.7. The number of hydrogen-bond donors (Lipinski definition) is 2. The molecule has 1 aliphatic rings. The monoisotopic (exact) mass is 243 g/mol. The third kappa shape index (κ3) is 4.94. The molecule has 0 bridgehead atoms. The van der Waals surface area contributed by atoms with Gasteiger partial charge in [0, 0.05) is 12.1 Å². The minimum Gasteiger partial charge on any atom is -0.394 e. The normalized spacial score (nSPS) is 29.1. The standard InChI is InChI=1S/C14H29NO2/c1-4-8-15-14(11-16)7-5-13(10-14)17-9-6-12(2)3/h12-13,15-16H,4-11H2,1-3H3. The molecule has 0 aliphatic heterocycles. The van der Waals surface area contributed by atoms with E-state index in [-0.39, 0.29) is 12.1 Å². The first-order valence-corrected chi connectivity index (χ1v) is 7.09. The summed E-state index contributed by atoms with van der Waals surface area (Å²) in [5, 5.41) is 13.1. The van der Waals surface area contributed by atoms with Crippen molar-refractivity contribution in [1.82, 2.24) is 5.32 Å². The SMILES string of the molecule is CCCNC1(CO)CCC(OCCC(C)C)C1. The first-order chi connectivity index (χ1) is 8.12. The average Bonchev–Trinajstić information content (AvgIpc) is 2.71. The van der Waals surface area contributed by atoms with Crippen LogP contribution in [0.15, 0.2) is 0 Å². The lowest BCUT2D eigenvalue weighted by Crippen LogP contribution is -2.47. The summed E-state index contributed by atoms with van der Waals surface area (Å²) in [6, 6.07) is 0. The van der Waals surface area contributed by atoms with Crippen LogP contribution in [0.4, 0.5) is 0 Å². The molecule has 17 heavy (non-hydrogen) atoms. The third-order valence-corrected chi connectivity index (χ3v) is 3.66. The van der Waals surface area contributed by atoms with Crippen LogP contribution in [-0.2, 0) is 4.74 Å². The summed E-state index contributed by atoms with van der Waals surface area (Å²) < 4.78 is 5.90. The van der Waals surface area contributed by atoms with Gasteiger partial charge in [-0.1, -0.05) is 20.8 Å². The number of aliphatic hydroxyl groups is 1. The number of nitrogens with one attached hydrogen (secondary N) is 1. The lowest BCUT2D eigenvalue weighted by Gasteiger charge is -2.28. The Hall–Kier alpha value is -0.120. The molecule has 1 rings (SSSR count). The Bertz CT molecular complexity index is 208. The van der Waals surface area contributed by atoms with E-state index in [1.807, 2.05) is 0 Å². The van der Waals surface area contributed by atoms with Crippen molar-refractivity contribution in [2.24, 2.45) is 5.92 Å². The van der Waals surface area contributed by atoms with Gasteiger partial charge in [-0.3, -0.25) is 0 Å². The Morgan fingerprint density at radius 3 is 2.82 bits per heavy atom. The molecule has 0 amide bonds. The van der Waals surface area contributed by atoms with E-state index in [9.17, 15) is 5.11 Å². The van der Waals surface area contributed by atoms with Crippen LogP contribution < -0.4 is 5.32 Å². The van der Waals surface area contributed by atoms with Crippen molar-refractivity contribution in [3.63, 3.8) is 0 Å². The van der Waals surface area contributed by atoms with Gasteiger partial charge in [0.2, 0.25) is 0 Å². The minimum absolute atomic E-state index is 0.0709. The van der Waals surface area contributed by atoms with Crippen LogP contribution in [0.3, 0.4) is 0 Å². The first-order valence-electron chi connectivity index (χ1n) is 7.09. The summed E-state index contributed by atoms with van der Waals surface area (Å²) in [7, 11) is 0. The second kappa shape index (κ2) is 7.34. The zero-order valence-corrected chi connectivity index (χ0v) is 11.7. The predicted molar refractivity (Wildman–Crippen MR) is 71.2 cm³/mol. The van der Waals surface area contributed by atoms with Crippen molar-refractivity contribution in [2.75, 3.05) is 19.8 Å². The average molecular weight is 243 g/mol. The Morgan fingerprint density at radius 1 is 1.47 bits per heavy atom. The molecule has 0 radical (unpaired) electrons. The summed E-state index contributed by atoms with van der Waals surface area (Å²) in [6.07, 6.45) is 5.66. The Morgan fingerprint density at radius 2 is 2.24 bits per heavy atom. The summed E-state index contributed by atoms with van der Waals surface area (Å²) >= 11 is 0. The molecule has 0 aromatic carbocycles. The maximum atomic E-state index is 9.56. The van der Waals surface area contributed by atoms with Gasteiger partial charge in [0.05, 0.1) is 12.7 Å². The van der Waals surface area contributed by atoms with E-state index >= 15 is 0 Å². The van der Waals surface area contributed by atoms with E-state index in [1.54, 1.807) is 0 Å². The van der Waals surface area contributed by atoms with E-state index in [0.717, 1.165) is 45.3 Å². The maximum absolute atomic E-state index is 9.56. The van der Waals surface area contributed by atoms with E-state index in [1.165, 1.54) is 0 Å². The van der Waals surface area contributed by atoms with Crippen LogP contribution in [-0.4, -0.2) is 36.5 Å². The molecule has 0 aromatic rings. The molecule has 1 saturated carbocycles. The molecule has 3 nitrogen and oxygen atoms in total. The third-order valence-electron chi connectivity index (χ3n) is 3.66. The Labute approximate surface area is 106 Å². The highest BCUT2D eigenvalue weighted by Gasteiger charge is 2.38. The van der Waals surface area contributed by atoms with Crippen LogP contribution >= 0.6 is 0 Å². The van der Waals surface area contributed by atoms with Crippen molar-refractivity contribution in [2.45, 2.75) is 64.5 Å². The highest BCUT2D eigenvalue weighted by atomic mass is 16.5. The minimum atomic E-state index is -0.0709. The summed E-state index contributed by atoms with van der Waals surface area (Å²) in [5.41, 5.74) is -0.0709. The smallest absolute Gasteiger partial charge is 0.0614 e. The Balaban J connectivity index is 2.28. The van der Waals surface area contributed by atoms with E-state index in [4.69, 9.17) is 4.74 Å². The van der Waals surface area contributed by atoms with Gasteiger partial charge >= 0.3 is 0 Å². The molecule has 2 unspecified atom stereocenters. The number of hydrogen-bond acceptors (Lipinski definition) is 3. The van der Waals surface area contributed by atoms with Crippen LogP contribution in [0.1, 0.15) is 52.9 Å². The molecule has 0 heterocycles. The quantitative estimate of drug-likeness (QED) is 0.687. The lowest BCUT2D eigenvalue weighted by molar-refractivity contribution is 0.0408. The largest absolute Gasteiger partial charge is 0.394 e. The van der Waals surface area contributed by atoms with Gasteiger partial charge in [0.25, 0.3) is 0 Å². The molecule has 1 aliphatic carbocycles. The molecule has 1 fully saturated rings. The second-order valence-electron chi connectivity index (χ2n) is 5.78. The summed E-state index contributed by atoms with van der Waals surface area (Å²) in [5.74, 6) is 0.706. The molecule has 3 heteroatoms. The highest BCUT2D eigenvalue weighted by Crippen LogP contribution is 2.31. The van der Waals surface area contributed by atoms with Crippen molar-refractivity contribution in [3.05, 3.63) is 0 Å². The molecule has 0 spiro atoms. The predicted octanol–water partition coefficient (Wildman–Crippen LogP) is 2.33. The molecule has 2 N–H and O–H groups in total. The number of rotatable bonds is 8. The van der Waals surface area contributed by atoms with Gasteiger partial charge in [0.1, 0.15) is 0 Å². The van der Waals surface area contributed by atoms with E-state index in [2.05, 4.69) is 26.1 Å². The van der Waals surface area contributed by atoms with Crippen molar-refractivity contribution < 1.29 is 9.84 Å². The number of ether oxygens (including phenoxy) is 1. The maximum Gasteiger partial charge on any atom is 0.0614 e. The molecule has 0 aromatic heterocycles. The highest BCUT2D eigenvalue weighted by molar-refractivity contribution is 4.96. The van der Waals surface area contributed by atoms with Gasteiger partial charge in [-0.25, -0.2) is 0 Å². The molecule has 2 atom stereocenters. The fourth-order valence-corrected chi connectivity index (χ4v) is 2.44. The topological polar surface area (TPSA) is 41.5 Å². The Kier molecular flexibility index (Phi) is 6.45. The van der Waals surface area contributed by atoms with Crippen LogP contribution in [0.2, 0.25) is 0 Å². The molecular weight excluding hydrogens is 214 g/mol. The lowest BCUT2D eigenvalue weighted by atomic mass is 9.98. The summed E-state index contributed by atoms with van der Waals surface area (Å²) in [4.78, 5) is 0. The number of aliphatic hydroxyl groups excluding tert-OH is 1. The van der Waals surface area contributed by atoms with Crippen LogP contribution in [0.25, 0.3) is 0 Å². The zero-order valence-electron chi connectivity index (χ0n) is 11.7. The van der Waals surface area contributed by atoms with Gasteiger partial charge in [0.15, 0.2) is 0 Å². The van der Waals surface area contributed by atoms with Gasteiger partial charge < -0.3 is 15.2 Å². The molecular formula is C14H29NO2. The van der Waals surface area contributed by atoms with Crippen molar-refractivity contribution in [1.29, 1.82) is 0 Å². The molecule has 102 valence electrons. The first kappa shape index (κ1) is 14.9. The van der Waals surface area contributed by atoms with Gasteiger partial charge in [-0.15, -0.1) is 0 Å². The van der Waals surface area contributed by atoms with Crippen molar-refractivity contribution >= 4 is 0 Å². The molecule has 0 saturated heterocycles. The van der Waals surface area contributed by atoms with Crippen molar-refractivity contribution in [3.8, 4) is 0 Å². The fourth-order valence-electron chi connectivity index (χ4n) is 2.44. The fraction of sp³-hybridized carbons (Fsp3) is 1.00. The van der Waals surface area contributed by atoms with E-state index in [0.29, 0.717) is 12.0 Å². The van der Waals surface area contributed by atoms with Crippen LogP contribution in [0, 0.1) is 5.92 Å².